The minimum absolute atomic E-state index is 0.238. The number of ether oxygens (including phenoxy) is 1. The lowest BCUT2D eigenvalue weighted by Crippen LogP contribution is -2.20. The topological polar surface area (TPSA) is 56.3 Å². The molecule has 0 N–H and O–H groups in total. The molecule has 0 bridgehead atoms. The molecule has 1 aromatic rings. The molecule has 4 nitrogen and oxygen atoms in total. The molecule has 0 aromatic carbocycles. The number of aryl methyl sites for hydroxylation is 1. The number of aromatic nitrogens is 1. The van der Waals surface area contributed by atoms with Gasteiger partial charge < -0.3 is 4.74 Å². The van der Waals surface area contributed by atoms with Gasteiger partial charge in [0.05, 0.1) is 6.61 Å². The number of hydrogen-bond acceptors (Lipinski definition) is 4. The summed E-state index contributed by atoms with van der Waals surface area (Å²) in [5.41, 5.74) is 1.32. The van der Waals surface area contributed by atoms with Crippen LogP contribution in [-0.2, 0) is 9.53 Å². The fraction of sp³-hybridized carbons (Fsp3) is 0.364. The van der Waals surface area contributed by atoms with Crippen LogP contribution in [-0.4, -0.2) is 23.3 Å². The van der Waals surface area contributed by atoms with Crippen molar-refractivity contribution in [2.24, 2.45) is 5.92 Å². The second-order valence-corrected chi connectivity index (χ2v) is 3.59. The van der Waals surface area contributed by atoms with Crippen molar-refractivity contribution < 1.29 is 14.3 Å². The van der Waals surface area contributed by atoms with Gasteiger partial charge in [0.2, 0.25) is 0 Å². The Balaban J connectivity index is 2.20. The molecule has 1 aliphatic rings. The zero-order chi connectivity index (χ0) is 10.8. The van der Waals surface area contributed by atoms with E-state index in [4.69, 9.17) is 4.74 Å². The quantitative estimate of drug-likeness (QED) is 0.412. The average molecular weight is 205 g/mol. The van der Waals surface area contributed by atoms with Gasteiger partial charge >= 0.3 is 5.97 Å². The number of rotatable bonds is 2. The highest BCUT2D eigenvalue weighted by atomic mass is 16.5. The number of ketones is 1. The lowest BCUT2D eigenvalue weighted by Gasteiger charge is -2.03. The van der Waals surface area contributed by atoms with E-state index in [-0.39, 0.29) is 5.78 Å². The highest BCUT2D eigenvalue weighted by Crippen LogP contribution is 2.18. The standard InChI is InChI=1S/C11H11NO3/c1-7-2-3-9(12-6-7)10(13)8-4-5-15-11(8)14/h2-3,6,8H,4-5H2,1H3. The molecular formula is C11H11NO3. The summed E-state index contributed by atoms with van der Waals surface area (Å²) in [5.74, 6) is -1.32. The maximum Gasteiger partial charge on any atom is 0.317 e. The summed E-state index contributed by atoms with van der Waals surface area (Å²) in [6.07, 6.45) is 2.08. The molecule has 78 valence electrons. The van der Waals surface area contributed by atoms with Crippen LogP contribution in [0.5, 0.6) is 0 Å². The molecule has 1 unspecified atom stereocenters. The summed E-state index contributed by atoms with van der Waals surface area (Å²) >= 11 is 0. The molecule has 0 amide bonds. The van der Waals surface area contributed by atoms with Crippen LogP contribution >= 0.6 is 0 Å². The molecule has 2 rings (SSSR count). The summed E-state index contributed by atoms with van der Waals surface area (Å²) < 4.78 is 4.74. The van der Waals surface area contributed by atoms with Crippen molar-refractivity contribution in [3.05, 3.63) is 29.6 Å². The first-order valence-electron chi connectivity index (χ1n) is 4.82. The van der Waals surface area contributed by atoms with Crippen LogP contribution in [0.1, 0.15) is 22.5 Å². The Morgan fingerprint density at radius 1 is 1.53 bits per heavy atom. The molecule has 4 heteroatoms. The predicted molar refractivity (Wildman–Crippen MR) is 52.4 cm³/mol. The summed E-state index contributed by atoms with van der Waals surface area (Å²) in [6.45, 7) is 2.23. The number of nitrogens with zero attached hydrogens (tertiary/aromatic N) is 1. The zero-order valence-corrected chi connectivity index (χ0v) is 8.40. The van der Waals surface area contributed by atoms with E-state index in [0.29, 0.717) is 18.7 Å². The Morgan fingerprint density at radius 3 is 2.87 bits per heavy atom. The van der Waals surface area contributed by atoms with E-state index in [1.165, 1.54) is 0 Å². The fourth-order valence-corrected chi connectivity index (χ4v) is 1.53. The third-order valence-electron chi connectivity index (χ3n) is 2.42. The van der Waals surface area contributed by atoms with Crippen LogP contribution in [0.4, 0.5) is 0 Å². The number of Topliss-reactive ketones (excluding diaryl/α,β-unsaturated/α-hetero) is 1. The first-order valence-corrected chi connectivity index (χ1v) is 4.82. The molecule has 2 heterocycles. The summed E-state index contributed by atoms with van der Waals surface area (Å²) in [5, 5.41) is 0. The minimum Gasteiger partial charge on any atom is -0.465 e. The van der Waals surface area contributed by atoms with Gasteiger partial charge in [-0.15, -0.1) is 0 Å². The van der Waals surface area contributed by atoms with Crippen LogP contribution < -0.4 is 0 Å². The largest absolute Gasteiger partial charge is 0.465 e. The van der Waals surface area contributed by atoms with E-state index >= 15 is 0 Å². The normalized spacial score (nSPS) is 20.1. The van der Waals surface area contributed by atoms with Gasteiger partial charge in [-0.1, -0.05) is 6.07 Å². The monoisotopic (exact) mass is 205 g/mol. The smallest absolute Gasteiger partial charge is 0.317 e. The average Bonchev–Trinajstić information content (AvgIpc) is 2.65. The lowest BCUT2D eigenvalue weighted by molar-refractivity contribution is -0.140. The van der Waals surface area contributed by atoms with Crippen molar-refractivity contribution >= 4 is 11.8 Å². The first-order chi connectivity index (χ1) is 7.18. The highest BCUT2D eigenvalue weighted by molar-refractivity contribution is 6.08. The number of pyridine rings is 1. The van der Waals surface area contributed by atoms with Gasteiger partial charge in [-0.25, -0.2) is 0 Å². The van der Waals surface area contributed by atoms with Crippen molar-refractivity contribution in [3.63, 3.8) is 0 Å². The number of esters is 1. The molecular weight excluding hydrogens is 194 g/mol. The van der Waals surface area contributed by atoms with Crippen molar-refractivity contribution in [1.29, 1.82) is 0 Å². The fourth-order valence-electron chi connectivity index (χ4n) is 1.53. The molecule has 1 aromatic heterocycles. The summed E-state index contributed by atoms with van der Waals surface area (Å²) in [6, 6.07) is 3.45. The van der Waals surface area contributed by atoms with Gasteiger partial charge in [-0.2, -0.15) is 0 Å². The third kappa shape index (κ3) is 1.88. The van der Waals surface area contributed by atoms with Gasteiger partial charge in [0.25, 0.3) is 0 Å². The summed E-state index contributed by atoms with van der Waals surface area (Å²) in [7, 11) is 0. The number of carbonyl (C=O) groups is 2. The molecule has 1 saturated heterocycles. The molecule has 0 saturated carbocycles. The Bertz CT molecular complexity index is 397. The van der Waals surface area contributed by atoms with E-state index in [2.05, 4.69) is 4.98 Å². The van der Waals surface area contributed by atoms with Gasteiger partial charge in [-0.05, 0) is 18.6 Å². The Labute approximate surface area is 87.3 Å². The highest BCUT2D eigenvalue weighted by Gasteiger charge is 2.34. The van der Waals surface area contributed by atoms with Crippen LogP contribution in [0.3, 0.4) is 0 Å². The lowest BCUT2D eigenvalue weighted by atomic mass is 10.00. The number of cyclic esters (lactones) is 1. The summed E-state index contributed by atoms with van der Waals surface area (Å²) in [4.78, 5) is 27.0. The number of carbonyl (C=O) groups excluding carboxylic acids is 2. The van der Waals surface area contributed by atoms with Gasteiger partial charge in [0, 0.05) is 12.6 Å². The van der Waals surface area contributed by atoms with E-state index in [0.717, 1.165) is 5.56 Å². The molecule has 15 heavy (non-hydrogen) atoms. The SMILES string of the molecule is Cc1ccc(C(=O)C2CCOC2=O)nc1. The second kappa shape index (κ2) is 3.81. The molecule has 0 spiro atoms. The van der Waals surface area contributed by atoms with Gasteiger partial charge in [0.1, 0.15) is 11.6 Å². The zero-order valence-electron chi connectivity index (χ0n) is 8.40. The molecule has 0 aliphatic carbocycles. The minimum atomic E-state index is -0.653. The van der Waals surface area contributed by atoms with Crippen molar-refractivity contribution in [1.82, 2.24) is 4.98 Å². The van der Waals surface area contributed by atoms with Crippen molar-refractivity contribution in [3.8, 4) is 0 Å². The maximum absolute atomic E-state index is 11.8. The number of hydrogen-bond donors (Lipinski definition) is 0. The molecule has 1 atom stereocenters. The third-order valence-corrected chi connectivity index (χ3v) is 2.42. The maximum atomic E-state index is 11.8. The Kier molecular flexibility index (Phi) is 2.49. The Hall–Kier alpha value is -1.71. The van der Waals surface area contributed by atoms with Crippen LogP contribution in [0, 0.1) is 12.8 Å². The van der Waals surface area contributed by atoms with E-state index in [9.17, 15) is 9.59 Å². The predicted octanol–water partition coefficient (Wildman–Crippen LogP) is 1.14. The van der Waals surface area contributed by atoms with E-state index < -0.39 is 11.9 Å². The van der Waals surface area contributed by atoms with Gasteiger partial charge in [0.15, 0.2) is 5.78 Å². The van der Waals surface area contributed by atoms with E-state index in [1.54, 1.807) is 18.3 Å². The van der Waals surface area contributed by atoms with Crippen LogP contribution in [0.15, 0.2) is 18.3 Å². The van der Waals surface area contributed by atoms with Crippen molar-refractivity contribution in [2.45, 2.75) is 13.3 Å². The van der Waals surface area contributed by atoms with Crippen LogP contribution in [0.2, 0.25) is 0 Å². The van der Waals surface area contributed by atoms with Crippen LogP contribution in [0.25, 0.3) is 0 Å². The molecule has 0 radical (unpaired) electrons. The molecule has 1 aliphatic heterocycles. The first kappa shape index (κ1) is 9.83. The molecule has 1 fully saturated rings. The van der Waals surface area contributed by atoms with Crippen molar-refractivity contribution in [2.75, 3.05) is 6.61 Å². The van der Waals surface area contributed by atoms with Gasteiger partial charge in [-0.3, -0.25) is 14.6 Å². The Morgan fingerprint density at radius 2 is 2.33 bits per heavy atom. The second-order valence-electron chi connectivity index (χ2n) is 3.59. The van der Waals surface area contributed by atoms with E-state index in [1.807, 2.05) is 6.92 Å².